The first-order chi connectivity index (χ1) is 8.97. The molecule has 0 aromatic heterocycles. The SMILES string of the molecule is COc1cc(Cl)cc(C=O)c1OCC(=O)NC(C)C. The molecule has 104 valence electrons. The van der Waals surface area contributed by atoms with Crippen molar-refractivity contribution >= 4 is 23.8 Å². The second-order valence-corrected chi connectivity index (χ2v) is 4.59. The third kappa shape index (κ3) is 4.44. The van der Waals surface area contributed by atoms with Crippen molar-refractivity contribution in [3.05, 3.63) is 22.7 Å². The van der Waals surface area contributed by atoms with Gasteiger partial charge in [0.2, 0.25) is 0 Å². The highest BCUT2D eigenvalue weighted by atomic mass is 35.5. The minimum absolute atomic E-state index is 0.0220. The maximum atomic E-state index is 11.5. The van der Waals surface area contributed by atoms with Crippen LogP contribution in [0, 0.1) is 0 Å². The lowest BCUT2D eigenvalue weighted by molar-refractivity contribution is -0.123. The quantitative estimate of drug-likeness (QED) is 0.813. The molecule has 0 fully saturated rings. The standard InChI is InChI=1S/C13H16ClNO4/c1-8(2)15-12(17)7-19-13-9(6-16)4-10(14)5-11(13)18-3/h4-6,8H,7H2,1-3H3,(H,15,17). The van der Waals surface area contributed by atoms with Gasteiger partial charge in [-0.25, -0.2) is 0 Å². The van der Waals surface area contributed by atoms with Crippen LogP contribution in [0.3, 0.4) is 0 Å². The molecule has 0 unspecified atom stereocenters. The molecule has 5 nitrogen and oxygen atoms in total. The number of hydrogen-bond acceptors (Lipinski definition) is 4. The van der Waals surface area contributed by atoms with Gasteiger partial charge < -0.3 is 14.8 Å². The Bertz CT molecular complexity index is 474. The smallest absolute Gasteiger partial charge is 0.258 e. The van der Waals surface area contributed by atoms with Crippen LogP contribution in [-0.2, 0) is 4.79 Å². The zero-order valence-corrected chi connectivity index (χ0v) is 11.8. The van der Waals surface area contributed by atoms with Crippen LogP contribution >= 0.6 is 11.6 Å². The Hall–Kier alpha value is -1.75. The first-order valence-electron chi connectivity index (χ1n) is 5.72. The lowest BCUT2D eigenvalue weighted by atomic mass is 10.2. The number of rotatable bonds is 6. The van der Waals surface area contributed by atoms with E-state index in [9.17, 15) is 9.59 Å². The molecule has 0 atom stereocenters. The summed E-state index contributed by atoms with van der Waals surface area (Å²) in [5.41, 5.74) is 0.238. The first kappa shape index (κ1) is 15.3. The average molecular weight is 286 g/mol. The largest absolute Gasteiger partial charge is 0.493 e. The molecule has 1 aromatic carbocycles. The molecule has 0 aliphatic heterocycles. The second-order valence-electron chi connectivity index (χ2n) is 4.16. The maximum absolute atomic E-state index is 11.5. The van der Waals surface area contributed by atoms with Gasteiger partial charge in [-0.05, 0) is 19.9 Å². The zero-order chi connectivity index (χ0) is 14.4. The molecule has 0 aliphatic rings. The summed E-state index contributed by atoms with van der Waals surface area (Å²) < 4.78 is 10.4. The van der Waals surface area contributed by atoms with Crippen molar-refractivity contribution in [1.82, 2.24) is 5.32 Å². The minimum atomic E-state index is -0.274. The molecule has 1 amide bonds. The Morgan fingerprint density at radius 3 is 2.68 bits per heavy atom. The molecule has 0 aliphatic carbocycles. The summed E-state index contributed by atoms with van der Waals surface area (Å²) in [6, 6.07) is 2.99. The molecule has 0 radical (unpaired) electrons. The zero-order valence-electron chi connectivity index (χ0n) is 11.0. The molecule has 0 saturated heterocycles. The van der Waals surface area contributed by atoms with E-state index in [-0.39, 0.29) is 29.9 Å². The van der Waals surface area contributed by atoms with Crippen LogP contribution in [0.1, 0.15) is 24.2 Å². The summed E-state index contributed by atoms with van der Waals surface area (Å²) in [7, 11) is 1.43. The van der Waals surface area contributed by atoms with Gasteiger partial charge in [-0.2, -0.15) is 0 Å². The van der Waals surface area contributed by atoms with Gasteiger partial charge in [-0.3, -0.25) is 9.59 Å². The third-order valence-electron chi connectivity index (χ3n) is 2.19. The predicted octanol–water partition coefficient (Wildman–Crippen LogP) is 2.06. The molecule has 19 heavy (non-hydrogen) atoms. The number of nitrogens with one attached hydrogen (secondary N) is 1. The number of ether oxygens (including phenoxy) is 2. The monoisotopic (exact) mass is 285 g/mol. The number of aldehydes is 1. The fourth-order valence-corrected chi connectivity index (χ4v) is 1.70. The van der Waals surface area contributed by atoms with Crippen molar-refractivity contribution in [3.8, 4) is 11.5 Å². The topological polar surface area (TPSA) is 64.6 Å². The normalized spacial score (nSPS) is 10.2. The lowest BCUT2D eigenvalue weighted by Crippen LogP contribution is -2.34. The Kier molecular flexibility index (Phi) is 5.63. The lowest BCUT2D eigenvalue weighted by Gasteiger charge is -2.14. The molecular weight excluding hydrogens is 270 g/mol. The molecule has 0 spiro atoms. The fourth-order valence-electron chi connectivity index (χ4n) is 1.48. The molecular formula is C13H16ClNO4. The molecule has 0 bridgehead atoms. The second kappa shape index (κ2) is 6.99. The van der Waals surface area contributed by atoms with Crippen molar-refractivity contribution in [3.63, 3.8) is 0 Å². The molecule has 0 saturated carbocycles. The highest BCUT2D eigenvalue weighted by Gasteiger charge is 2.14. The Morgan fingerprint density at radius 1 is 1.47 bits per heavy atom. The summed E-state index contributed by atoms with van der Waals surface area (Å²) in [6.45, 7) is 3.49. The van der Waals surface area contributed by atoms with E-state index >= 15 is 0 Å². The van der Waals surface area contributed by atoms with Crippen molar-refractivity contribution < 1.29 is 19.1 Å². The molecule has 1 rings (SSSR count). The Labute approximate surface area is 116 Å². The highest BCUT2D eigenvalue weighted by Crippen LogP contribution is 2.33. The van der Waals surface area contributed by atoms with E-state index < -0.39 is 0 Å². The molecule has 1 N–H and O–H groups in total. The maximum Gasteiger partial charge on any atom is 0.258 e. The van der Waals surface area contributed by atoms with Gasteiger partial charge in [-0.1, -0.05) is 11.6 Å². The van der Waals surface area contributed by atoms with E-state index in [1.54, 1.807) is 0 Å². The van der Waals surface area contributed by atoms with Gasteiger partial charge in [0.1, 0.15) is 0 Å². The number of benzene rings is 1. The van der Waals surface area contributed by atoms with Crippen LogP contribution in [0.15, 0.2) is 12.1 Å². The van der Waals surface area contributed by atoms with E-state index in [1.807, 2.05) is 13.8 Å². The number of amides is 1. The fraction of sp³-hybridized carbons (Fsp3) is 0.385. The van der Waals surface area contributed by atoms with Gasteiger partial charge in [0, 0.05) is 17.1 Å². The van der Waals surface area contributed by atoms with Gasteiger partial charge in [-0.15, -0.1) is 0 Å². The number of carbonyl (C=O) groups is 2. The molecule has 1 aromatic rings. The number of hydrogen-bond donors (Lipinski definition) is 1. The summed E-state index contributed by atoms with van der Waals surface area (Å²) in [5, 5.41) is 3.04. The van der Waals surface area contributed by atoms with E-state index in [1.165, 1.54) is 19.2 Å². The van der Waals surface area contributed by atoms with Crippen molar-refractivity contribution in [2.75, 3.05) is 13.7 Å². The highest BCUT2D eigenvalue weighted by molar-refractivity contribution is 6.31. The number of methoxy groups -OCH3 is 1. The van der Waals surface area contributed by atoms with Crippen LogP contribution < -0.4 is 14.8 Å². The van der Waals surface area contributed by atoms with E-state index in [4.69, 9.17) is 21.1 Å². The summed E-state index contributed by atoms with van der Waals surface area (Å²) in [5.74, 6) is 0.247. The van der Waals surface area contributed by atoms with Gasteiger partial charge in [0.05, 0.1) is 12.7 Å². The van der Waals surface area contributed by atoms with E-state index in [0.29, 0.717) is 17.1 Å². The van der Waals surface area contributed by atoms with E-state index in [0.717, 1.165) is 0 Å². The van der Waals surface area contributed by atoms with Crippen LogP contribution in [0.4, 0.5) is 0 Å². The predicted molar refractivity (Wildman–Crippen MR) is 72.2 cm³/mol. The number of carbonyl (C=O) groups excluding carboxylic acids is 2. The summed E-state index contributed by atoms with van der Waals surface area (Å²) in [4.78, 5) is 22.5. The Balaban J connectivity index is 2.87. The molecule has 0 heterocycles. The first-order valence-corrected chi connectivity index (χ1v) is 6.10. The van der Waals surface area contributed by atoms with Crippen LogP contribution in [0.5, 0.6) is 11.5 Å². The van der Waals surface area contributed by atoms with Crippen molar-refractivity contribution in [2.24, 2.45) is 0 Å². The third-order valence-corrected chi connectivity index (χ3v) is 2.41. The van der Waals surface area contributed by atoms with Gasteiger partial charge in [0.25, 0.3) is 5.91 Å². The van der Waals surface area contributed by atoms with Gasteiger partial charge >= 0.3 is 0 Å². The van der Waals surface area contributed by atoms with Crippen LogP contribution in [0.25, 0.3) is 0 Å². The Morgan fingerprint density at radius 2 is 2.16 bits per heavy atom. The van der Waals surface area contributed by atoms with Crippen LogP contribution in [-0.4, -0.2) is 32.0 Å². The summed E-state index contributed by atoms with van der Waals surface area (Å²) in [6.07, 6.45) is 0.601. The van der Waals surface area contributed by atoms with Crippen molar-refractivity contribution in [2.45, 2.75) is 19.9 Å². The van der Waals surface area contributed by atoms with E-state index in [2.05, 4.69) is 5.32 Å². The average Bonchev–Trinajstić information content (AvgIpc) is 2.35. The summed E-state index contributed by atoms with van der Waals surface area (Å²) >= 11 is 5.84. The minimum Gasteiger partial charge on any atom is -0.493 e. The van der Waals surface area contributed by atoms with Crippen LogP contribution in [0.2, 0.25) is 5.02 Å². The van der Waals surface area contributed by atoms with Gasteiger partial charge in [0.15, 0.2) is 24.4 Å². The van der Waals surface area contributed by atoms with Crippen molar-refractivity contribution in [1.29, 1.82) is 0 Å². The number of halogens is 1. The molecule has 6 heteroatoms.